The molecule has 0 aromatic heterocycles. The standard InChI is InChI=1S/C16H24N2O3/c1-4-21-14(19)13(10-12-8-6-5-7-9-12)11-18-15(20)16(2,3)17/h5-9,13H,4,10-11,17H2,1-3H3,(H,18,20). The molecule has 1 atom stereocenters. The summed E-state index contributed by atoms with van der Waals surface area (Å²) in [5.41, 5.74) is 5.78. The minimum absolute atomic E-state index is 0.215. The molecular formula is C16H24N2O3. The number of ether oxygens (including phenoxy) is 1. The predicted molar refractivity (Wildman–Crippen MR) is 81.5 cm³/mol. The first-order valence-corrected chi connectivity index (χ1v) is 7.12. The molecule has 0 radical (unpaired) electrons. The van der Waals surface area contributed by atoms with Crippen molar-refractivity contribution in [3.05, 3.63) is 35.9 Å². The van der Waals surface area contributed by atoms with Crippen molar-refractivity contribution < 1.29 is 14.3 Å². The molecule has 1 aromatic rings. The summed E-state index contributed by atoms with van der Waals surface area (Å²) in [6.45, 7) is 5.55. The largest absolute Gasteiger partial charge is 0.466 e. The molecule has 0 heterocycles. The highest BCUT2D eigenvalue weighted by Crippen LogP contribution is 2.10. The zero-order chi connectivity index (χ0) is 15.9. The Morgan fingerprint density at radius 2 is 1.90 bits per heavy atom. The molecule has 3 N–H and O–H groups in total. The number of hydrogen-bond donors (Lipinski definition) is 2. The van der Waals surface area contributed by atoms with E-state index in [2.05, 4.69) is 5.32 Å². The van der Waals surface area contributed by atoms with E-state index in [0.717, 1.165) is 5.56 Å². The Morgan fingerprint density at radius 3 is 2.43 bits per heavy atom. The first-order chi connectivity index (χ1) is 9.84. The number of nitrogens with one attached hydrogen (secondary N) is 1. The van der Waals surface area contributed by atoms with Crippen molar-refractivity contribution in [3.8, 4) is 0 Å². The molecule has 0 saturated carbocycles. The maximum atomic E-state index is 12.0. The molecule has 0 spiro atoms. The zero-order valence-electron chi connectivity index (χ0n) is 12.9. The van der Waals surface area contributed by atoms with E-state index in [1.165, 1.54) is 0 Å². The molecule has 1 rings (SSSR count). The molecule has 1 amide bonds. The third-order valence-electron chi connectivity index (χ3n) is 3.04. The number of rotatable bonds is 7. The van der Waals surface area contributed by atoms with Gasteiger partial charge in [0.1, 0.15) is 0 Å². The number of amides is 1. The van der Waals surface area contributed by atoms with Gasteiger partial charge in [-0.15, -0.1) is 0 Å². The minimum atomic E-state index is -0.966. The molecule has 5 heteroatoms. The lowest BCUT2D eigenvalue weighted by Crippen LogP contribution is -2.50. The van der Waals surface area contributed by atoms with Crippen LogP contribution in [-0.4, -0.2) is 30.6 Å². The number of carbonyl (C=O) groups is 2. The lowest BCUT2D eigenvalue weighted by atomic mass is 9.98. The van der Waals surface area contributed by atoms with Crippen molar-refractivity contribution in [1.82, 2.24) is 5.32 Å². The molecule has 0 aliphatic rings. The summed E-state index contributed by atoms with van der Waals surface area (Å²) < 4.78 is 5.07. The molecule has 0 aliphatic heterocycles. The first-order valence-electron chi connectivity index (χ1n) is 7.12. The van der Waals surface area contributed by atoms with Crippen LogP contribution in [0, 0.1) is 5.92 Å². The van der Waals surface area contributed by atoms with Gasteiger partial charge in [0.05, 0.1) is 18.1 Å². The van der Waals surface area contributed by atoms with E-state index >= 15 is 0 Å². The average Bonchev–Trinajstić information content (AvgIpc) is 2.43. The van der Waals surface area contributed by atoms with Gasteiger partial charge in [0.25, 0.3) is 0 Å². The fourth-order valence-electron chi connectivity index (χ4n) is 1.84. The fourth-order valence-corrected chi connectivity index (χ4v) is 1.84. The smallest absolute Gasteiger partial charge is 0.311 e. The fraction of sp³-hybridized carbons (Fsp3) is 0.500. The van der Waals surface area contributed by atoms with Crippen molar-refractivity contribution in [3.63, 3.8) is 0 Å². The molecule has 5 nitrogen and oxygen atoms in total. The molecule has 21 heavy (non-hydrogen) atoms. The van der Waals surface area contributed by atoms with Crippen molar-refractivity contribution in [1.29, 1.82) is 0 Å². The van der Waals surface area contributed by atoms with Crippen LogP contribution in [0.5, 0.6) is 0 Å². The number of carbonyl (C=O) groups excluding carboxylic acids is 2. The number of nitrogens with two attached hydrogens (primary N) is 1. The number of benzene rings is 1. The second kappa shape index (κ2) is 7.78. The Hall–Kier alpha value is -1.88. The normalized spacial score (nSPS) is 12.6. The zero-order valence-corrected chi connectivity index (χ0v) is 12.9. The van der Waals surface area contributed by atoms with Gasteiger partial charge in [0.2, 0.25) is 5.91 Å². The van der Waals surface area contributed by atoms with Crippen LogP contribution in [0.2, 0.25) is 0 Å². The van der Waals surface area contributed by atoms with Crippen molar-refractivity contribution in [2.75, 3.05) is 13.2 Å². The van der Waals surface area contributed by atoms with Crippen molar-refractivity contribution in [2.24, 2.45) is 11.7 Å². The second-order valence-corrected chi connectivity index (χ2v) is 5.57. The van der Waals surface area contributed by atoms with Crippen LogP contribution in [0.15, 0.2) is 30.3 Å². The predicted octanol–water partition coefficient (Wildman–Crippen LogP) is 1.26. The Labute approximate surface area is 125 Å². The summed E-state index contributed by atoms with van der Waals surface area (Å²) in [6.07, 6.45) is 0.519. The molecular weight excluding hydrogens is 268 g/mol. The molecule has 0 fully saturated rings. The van der Waals surface area contributed by atoms with Gasteiger partial charge < -0.3 is 15.8 Å². The number of hydrogen-bond acceptors (Lipinski definition) is 4. The van der Waals surface area contributed by atoms with Crippen molar-refractivity contribution >= 4 is 11.9 Å². The molecule has 1 unspecified atom stereocenters. The molecule has 0 bridgehead atoms. The third-order valence-corrected chi connectivity index (χ3v) is 3.04. The van der Waals surface area contributed by atoms with Gasteiger partial charge in [0.15, 0.2) is 0 Å². The van der Waals surface area contributed by atoms with Crippen LogP contribution >= 0.6 is 0 Å². The SMILES string of the molecule is CCOC(=O)C(CNC(=O)C(C)(C)N)Cc1ccccc1. The van der Waals surface area contributed by atoms with Gasteiger partial charge in [-0.3, -0.25) is 9.59 Å². The minimum Gasteiger partial charge on any atom is -0.466 e. The molecule has 0 aliphatic carbocycles. The van der Waals surface area contributed by atoms with Crippen molar-refractivity contribution in [2.45, 2.75) is 32.7 Å². The van der Waals surface area contributed by atoms with Crippen LogP contribution < -0.4 is 11.1 Å². The maximum absolute atomic E-state index is 12.0. The van der Waals surface area contributed by atoms with E-state index in [1.54, 1.807) is 20.8 Å². The number of esters is 1. The van der Waals surface area contributed by atoms with Gasteiger partial charge in [-0.25, -0.2) is 0 Å². The molecule has 0 saturated heterocycles. The van der Waals surface area contributed by atoms with Gasteiger partial charge in [-0.05, 0) is 32.8 Å². The summed E-state index contributed by atoms with van der Waals surface area (Å²) in [4.78, 5) is 23.8. The highest BCUT2D eigenvalue weighted by atomic mass is 16.5. The maximum Gasteiger partial charge on any atom is 0.311 e. The van der Waals surface area contributed by atoms with E-state index in [9.17, 15) is 9.59 Å². The summed E-state index contributed by atoms with van der Waals surface area (Å²) in [5, 5.41) is 2.72. The first kappa shape index (κ1) is 17.2. The van der Waals surface area contributed by atoms with E-state index in [4.69, 9.17) is 10.5 Å². The lowest BCUT2D eigenvalue weighted by Gasteiger charge is -2.21. The van der Waals surface area contributed by atoms with Gasteiger partial charge in [-0.2, -0.15) is 0 Å². The molecule has 1 aromatic carbocycles. The summed E-state index contributed by atoms with van der Waals surface area (Å²) in [7, 11) is 0. The van der Waals surface area contributed by atoms with E-state index in [0.29, 0.717) is 13.0 Å². The second-order valence-electron chi connectivity index (χ2n) is 5.57. The van der Waals surface area contributed by atoms with Crippen LogP contribution in [0.25, 0.3) is 0 Å². The Balaban J connectivity index is 2.69. The summed E-state index contributed by atoms with van der Waals surface area (Å²) >= 11 is 0. The lowest BCUT2D eigenvalue weighted by molar-refractivity contribution is -0.148. The van der Waals surface area contributed by atoms with Gasteiger partial charge >= 0.3 is 5.97 Å². The van der Waals surface area contributed by atoms with Crippen LogP contribution in [0.3, 0.4) is 0 Å². The quantitative estimate of drug-likeness (QED) is 0.741. The molecule has 116 valence electrons. The Kier molecular flexibility index (Phi) is 6.37. The average molecular weight is 292 g/mol. The monoisotopic (exact) mass is 292 g/mol. The van der Waals surface area contributed by atoms with E-state index < -0.39 is 11.5 Å². The van der Waals surface area contributed by atoms with Gasteiger partial charge in [-0.1, -0.05) is 30.3 Å². The Morgan fingerprint density at radius 1 is 1.29 bits per heavy atom. The highest BCUT2D eigenvalue weighted by Gasteiger charge is 2.25. The van der Waals surface area contributed by atoms with Crippen LogP contribution in [0.1, 0.15) is 26.3 Å². The highest BCUT2D eigenvalue weighted by molar-refractivity contribution is 5.85. The van der Waals surface area contributed by atoms with E-state index in [1.807, 2.05) is 30.3 Å². The van der Waals surface area contributed by atoms with Crippen LogP contribution in [0.4, 0.5) is 0 Å². The summed E-state index contributed by atoms with van der Waals surface area (Å²) in [5.74, 6) is -1.01. The Bertz CT molecular complexity index is 466. The topological polar surface area (TPSA) is 81.4 Å². The van der Waals surface area contributed by atoms with Crippen LogP contribution in [-0.2, 0) is 20.7 Å². The van der Waals surface area contributed by atoms with Gasteiger partial charge in [0, 0.05) is 6.54 Å². The third kappa shape index (κ3) is 5.95. The summed E-state index contributed by atoms with van der Waals surface area (Å²) in [6, 6.07) is 9.64. The van der Waals surface area contributed by atoms with E-state index in [-0.39, 0.29) is 18.4 Å².